The van der Waals surface area contributed by atoms with E-state index in [1.807, 2.05) is 24.3 Å². The Morgan fingerprint density at radius 1 is 0.343 bits per heavy atom. The third-order valence-corrected chi connectivity index (χ3v) is 24.1. The lowest BCUT2D eigenvalue weighted by Gasteiger charge is -2.74. The number of phenolic OH excluding ortho intramolecular Hbond substituents is 2. The second kappa shape index (κ2) is 14.2. The second-order valence-corrected chi connectivity index (χ2v) is 28.4. The molecular formula is C64H76N2O4. The summed E-state index contributed by atoms with van der Waals surface area (Å²) in [5, 5.41) is 23.4. The van der Waals surface area contributed by atoms with Gasteiger partial charge in [-0.25, -0.2) is 0 Å². The van der Waals surface area contributed by atoms with E-state index in [9.17, 15) is 10.2 Å². The van der Waals surface area contributed by atoms with Crippen LogP contribution in [-0.2, 0) is 21.7 Å². The molecule has 0 heterocycles. The minimum Gasteiger partial charge on any atom is -0.505 e. The molecule has 0 spiro atoms. The first kappa shape index (κ1) is 42.2. The van der Waals surface area contributed by atoms with Crippen molar-refractivity contribution in [2.45, 2.75) is 176 Å². The number of anilines is 2. The quantitative estimate of drug-likeness (QED) is 0.0983. The van der Waals surface area contributed by atoms with Crippen molar-refractivity contribution in [3.05, 3.63) is 95.1 Å². The Morgan fingerprint density at radius 2 is 0.629 bits per heavy atom. The van der Waals surface area contributed by atoms with Gasteiger partial charge in [0.25, 0.3) is 0 Å². The maximum absolute atomic E-state index is 11.7. The summed E-state index contributed by atoms with van der Waals surface area (Å²) in [6.45, 7) is 0. The van der Waals surface area contributed by atoms with E-state index in [1.54, 1.807) is 11.1 Å². The Hall–Kier alpha value is -4.32. The first-order chi connectivity index (χ1) is 33.9. The number of benzene rings is 4. The van der Waals surface area contributed by atoms with Gasteiger partial charge >= 0.3 is 0 Å². The van der Waals surface area contributed by atoms with E-state index >= 15 is 0 Å². The lowest BCUT2D eigenvalue weighted by molar-refractivity contribution is -0.212. The number of rotatable bonds is 9. The molecule has 0 aromatic heterocycles. The molecular weight excluding hydrogens is 861 g/mol. The number of nitrogen functional groups attached to an aromatic ring is 2. The van der Waals surface area contributed by atoms with Crippen molar-refractivity contribution in [1.29, 1.82) is 0 Å². The fraction of sp³-hybridized carbons (Fsp3) is 0.625. The summed E-state index contributed by atoms with van der Waals surface area (Å²) in [4.78, 5) is 0. The third kappa shape index (κ3) is 5.97. The molecule has 20 rings (SSSR count). The third-order valence-electron chi connectivity index (χ3n) is 24.1. The van der Waals surface area contributed by atoms with Crippen molar-refractivity contribution in [2.24, 2.45) is 70.0 Å². The molecule has 16 saturated carbocycles. The van der Waals surface area contributed by atoms with Gasteiger partial charge in [0.2, 0.25) is 0 Å². The molecule has 6 N–H and O–H groups in total. The zero-order valence-electron chi connectivity index (χ0n) is 41.5. The van der Waals surface area contributed by atoms with E-state index in [4.69, 9.17) is 20.9 Å². The summed E-state index contributed by atoms with van der Waals surface area (Å²) in [7, 11) is 0. The van der Waals surface area contributed by atoms with Gasteiger partial charge in [0.05, 0.1) is 11.4 Å². The highest BCUT2D eigenvalue weighted by molar-refractivity contribution is 5.66. The molecule has 0 radical (unpaired) electrons. The number of aromatic hydroxyl groups is 2. The van der Waals surface area contributed by atoms with E-state index in [0.717, 1.165) is 132 Å². The van der Waals surface area contributed by atoms with Crippen molar-refractivity contribution < 1.29 is 19.7 Å². The van der Waals surface area contributed by atoms with Crippen molar-refractivity contribution >= 4 is 11.4 Å². The van der Waals surface area contributed by atoms with Gasteiger partial charge in [0, 0.05) is 22.0 Å². The van der Waals surface area contributed by atoms with Gasteiger partial charge in [0.1, 0.15) is 34.5 Å². The zero-order chi connectivity index (χ0) is 46.6. The van der Waals surface area contributed by atoms with Crippen LogP contribution in [0.3, 0.4) is 0 Å². The fourth-order valence-corrected chi connectivity index (χ4v) is 23.7. The highest BCUT2D eigenvalue weighted by atomic mass is 16.5. The Balaban J connectivity index is 0.678. The molecule has 0 saturated heterocycles. The molecule has 0 amide bonds. The Morgan fingerprint density at radius 3 is 0.943 bits per heavy atom. The first-order valence-electron chi connectivity index (χ1n) is 28.7. The van der Waals surface area contributed by atoms with Crippen molar-refractivity contribution in [3.8, 4) is 34.5 Å². The number of hydrogen-bond acceptors (Lipinski definition) is 6. The Labute approximate surface area is 416 Å². The molecule has 4 aromatic carbocycles. The summed E-state index contributed by atoms with van der Waals surface area (Å²) in [6, 6.07) is 26.7. The van der Waals surface area contributed by atoms with E-state index in [2.05, 4.69) is 48.5 Å². The molecule has 4 aromatic rings. The molecule has 16 aliphatic rings. The maximum Gasteiger partial charge on any atom is 0.145 e. The Kier molecular flexibility index (Phi) is 8.59. The molecule has 16 fully saturated rings. The largest absolute Gasteiger partial charge is 0.505 e. The van der Waals surface area contributed by atoms with Crippen molar-refractivity contribution in [3.63, 3.8) is 0 Å². The van der Waals surface area contributed by atoms with Crippen LogP contribution in [0, 0.1) is 70.0 Å². The summed E-state index contributed by atoms with van der Waals surface area (Å²) in [5.41, 5.74) is 20.3. The van der Waals surface area contributed by atoms with E-state index in [0.29, 0.717) is 22.2 Å². The lowest BCUT2D eigenvalue weighted by atomic mass is 9.30. The second-order valence-electron chi connectivity index (χ2n) is 28.4. The average Bonchev–Trinajstić information content (AvgIpc) is 3.30. The standard InChI is InChI=1S/C64H76N2O4/c65-51-9-11-53(55(57(51)67)59-21-37-13-38(22-59)15-39(14-37)23-59)69-49-5-1-47(2-6-49)61-27-43-19-44(28-61)32-63(31-43,35-61)64-33-45-20-46(34-64)30-62(29-45,36-64)48-3-7-50(8-4-48)70-54-12-10-52(66)58(68)56(54)60-24-40-16-41(25-60)18-42(17-40)26-60/h1-12,37-46,67-68H,13-36,65-66H2. The molecule has 16 bridgehead atoms. The van der Waals surface area contributed by atoms with Crippen molar-refractivity contribution in [1.82, 2.24) is 0 Å². The molecule has 16 aliphatic carbocycles. The summed E-state index contributed by atoms with van der Waals surface area (Å²) in [6.07, 6.45) is 31.9. The zero-order valence-corrected chi connectivity index (χ0v) is 41.5. The molecule has 366 valence electrons. The smallest absolute Gasteiger partial charge is 0.145 e. The SMILES string of the molecule is Nc1ccc(Oc2ccc(C34CC5CC(C3)CC(C36CC7CC(CC(c8ccc(Oc9ccc(N)c(O)c9C9%10CC%11CC(CC(C%11)C9)C%10)cc8)(C7)C3)C6)(C5)C4)cc2)c(C23CC4CC(CC(C4)C2)C3)c1O. The summed E-state index contributed by atoms with van der Waals surface area (Å²) < 4.78 is 13.8. The number of hydrogen-bond donors (Lipinski definition) is 4. The number of ether oxygens (including phenoxy) is 2. The molecule has 0 aliphatic heterocycles. The Bertz CT molecular complexity index is 2520. The van der Waals surface area contributed by atoms with Crippen LogP contribution in [0.2, 0.25) is 0 Å². The van der Waals surface area contributed by atoms with Crippen LogP contribution in [-0.4, -0.2) is 10.2 Å². The molecule has 6 heteroatoms. The van der Waals surface area contributed by atoms with Gasteiger partial charge < -0.3 is 31.2 Å². The first-order valence-corrected chi connectivity index (χ1v) is 28.7. The van der Waals surface area contributed by atoms with Gasteiger partial charge in [-0.15, -0.1) is 0 Å². The van der Waals surface area contributed by atoms with Crippen molar-refractivity contribution in [2.75, 3.05) is 11.5 Å². The van der Waals surface area contributed by atoms with Gasteiger partial charge in [-0.3, -0.25) is 0 Å². The monoisotopic (exact) mass is 937 g/mol. The van der Waals surface area contributed by atoms with Crippen LogP contribution in [0.15, 0.2) is 72.8 Å². The normalized spacial score (nSPS) is 44.9. The molecule has 70 heavy (non-hydrogen) atoms. The highest BCUT2D eigenvalue weighted by Crippen LogP contribution is 2.79. The van der Waals surface area contributed by atoms with Crippen LogP contribution in [0.25, 0.3) is 0 Å². The fourth-order valence-electron chi connectivity index (χ4n) is 23.7. The van der Waals surface area contributed by atoms with E-state index in [1.165, 1.54) is 116 Å². The van der Waals surface area contributed by atoms with Crippen LogP contribution < -0.4 is 20.9 Å². The predicted octanol–water partition coefficient (Wildman–Crippen LogP) is 15.2. The maximum atomic E-state index is 11.7. The van der Waals surface area contributed by atoms with Gasteiger partial charge in [-0.2, -0.15) is 0 Å². The average molecular weight is 937 g/mol. The lowest BCUT2D eigenvalue weighted by Crippen LogP contribution is -2.66. The number of phenols is 2. The summed E-state index contributed by atoms with van der Waals surface area (Å²) >= 11 is 0. The van der Waals surface area contributed by atoms with E-state index in [-0.39, 0.29) is 33.2 Å². The van der Waals surface area contributed by atoms with E-state index < -0.39 is 0 Å². The van der Waals surface area contributed by atoms with Gasteiger partial charge in [-0.1, -0.05) is 24.3 Å². The highest BCUT2D eigenvalue weighted by Gasteiger charge is 2.70. The summed E-state index contributed by atoms with van der Waals surface area (Å²) in [5.74, 6) is 11.8. The van der Waals surface area contributed by atoms with Gasteiger partial charge in [0.15, 0.2) is 0 Å². The molecule has 4 atom stereocenters. The number of nitrogens with two attached hydrogens (primary N) is 2. The van der Waals surface area contributed by atoms with Crippen LogP contribution >= 0.6 is 0 Å². The van der Waals surface area contributed by atoms with Crippen LogP contribution in [0.4, 0.5) is 11.4 Å². The van der Waals surface area contributed by atoms with Gasteiger partial charge in [-0.05, 0) is 295 Å². The molecule has 4 unspecified atom stereocenters. The minimum atomic E-state index is -0.0216. The predicted molar refractivity (Wildman–Crippen MR) is 275 cm³/mol. The van der Waals surface area contributed by atoms with Crippen LogP contribution in [0.5, 0.6) is 34.5 Å². The minimum absolute atomic E-state index is 0.0216. The van der Waals surface area contributed by atoms with Crippen LogP contribution in [0.1, 0.15) is 176 Å². The molecule has 6 nitrogen and oxygen atoms in total. The topological polar surface area (TPSA) is 111 Å².